The summed E-state index contributed by atoms with van der Waals surface area (Å²) in [6, 6.07) is 0. The predicted octanol–water partition coefficient (Wildman–Crippen LogP) is 0.774. The highest BCUT2D eigenvalue weighted by Gasteiger charge is 2.52. The molecule has 0 radical (unpaired) electrons. The van der Waals surface area contributed by atoms with Crippen molar-refractivity contribution in [3.05, 3.63) is 0 Å². The number of hydrogen-bond donors (Lipinski definition) is 2. The third-order valence-corrected chi connectivity index (χ3v) is 4.33. The number of aliphatic hydroxyl groups is 2. The van der Waals surface area contributed by atoms with E-state index in [4.69, 9.17) is 0 Å². The summed E-state index contributed by atoms with van der Waals surface area (Å²) in [4.78, 5) is 0. The highest BCUT2D eigenvalue weighted by molar-refractivity contribution is 5.02. The van der Waals surface area contributed by atoms with Gasteiger partial charge in [-0.05, 0) is 43.4 Å². The van der Waals surface area contributed by atoms with Crippen molar-refractivity contribution in [2.45, 2.75) is 37.9 Å². The molecule has 0 aromatic carbocycles. The molecule has 0 heterocycles. The molecule has 6 atom stereocenters. The lowest BCUT2D eigenvalue weighted by Crippen LogP contribution is -2.55. The van der Waals surface area contributed by atoms with Crippen LogP contribution >= 0.6 is 0 Å². The molecule has 2 unspecified atom stereocenters. The third kappa shape index (κ3) is 0.775. The van der Waals surface area contributed by atoms with Gasteiger partial charge in [-0.25, -0.2) is 0 Å². The first-order valence-corrected chi connectivity index (χ1v) is 5.12. The summed E-state index contributed by atoms with van der Waals surface area (Å²) in [5.41, 5.74) is 0. The van der Waals surface area contributed by atoms with E-state index in [1.54, 1.807) is 0 Å². The Bertz CT molecular complexity index is 186. The minimum Gasteiger partial charge on any atom is -0.392 e. The van der Waals surface area contributed by atoms with Crippen LogP contribution in [0.3, 0.4) is 0 Å². The molecule has 0 saturated heterocycles. The van der Waals surface area contributed by atoms with Crippen molar-refractivity contribution in [2.24, 2.45) is 23.7 Å². The highest BCUT2D eigenvalue weighted by Crippen LogP contribution is 2.53. The van der Waals surface area contributed by atoms with Gasteiger partial charge in [-0.2, -0.15) is 0 Å². The molecule has 4 bridgehead atoms. The van der Waals surface area contributed by atoms with Crippen molar-refractivity contribution >= 4 is 0 Å². The molecule has 2 nitrogen and oxygen atoms in total. The second-order valence-corrected chi connectivity index (χ2v) is 4.97. The van der Waals surface area contributed by atoms with Crippen LogP contribution < -0.4 is 0 Å². The Balaban J connectivity index is 1.93. The second-order valence-electron chi connectivity index (χ2n) is 4.97. The molecule has 12 heavy (non-hydrogen) atoms. The maximum absolute atomic E-state index is 9.84. The average Bonchev–Trinajstić information content (AvgIpc) is 2.07. The molecule has 2 heteroatoms. The van der Waals surface area contributed by atoms with Gasteiger partial charge in [0.2, 0.25) is 0 Å². The van der Waals surface area contributed by atoms with Crippen LogP contribution in [-0.4, -0.2) is 22.4 Å². The Morgan fingerprint density at radius 2 is 1.33 bits per heavy atom. The van der Waals surface area contributed by atoms with E-state index in [0.29, 0.717) is 11.8 Å². The number of aliphatic hydroxyl groups excluding tert-OH is 2. The first kappa shape index (κ1) is 7.34. The van der Waals surface area contributed by atoms with Gasteiger partial charge in [0.25, 0.3) is 0 Å². The van der Waals surface area contributed by atoms with Crippen LogP contribution in [-0.2, 0) is 0 Å². The molecule has 4 fully saturated rings. The molecule has 0 aliphatic heterocycles. The van der Waals surface area contributed by atoms with E-state index in [1.807, 2.05) is 0 Å². The van der Waals surface area contributed by atoms with Gasteiger partial charge >= 0.3 is 0 Å². The summed E-state index contributed by atoms with van der Waals surface area (Å²) in [6.45, 7) is 0. The van der Waals surface area contributed by atoms with Crippen molar-refractivity contribution in [3.8, 4) is 0 Å². The Morgan fingerprint density at radius 1 is 0.750 bits per heavy atom. The summed E-state index contributed by atoms with van der Waals surface area (Å²) in [5.74, 6) is 2.10. The summed E-state index contributed by atoms with van der Waals surface area (Å²) in [7, 11) is 0. The molecule has 4 aliphatic carbocycles. The van der Waals surface area contributed by atoms with E-state index < -0.39 is 0 Å². The van der Waals surface area contributed by atoms with Gasteiger partial charge < -0.3 is 10.2 Å². The van der Waals surface area contributed by atoms with Crippen molar-refractivity contribution in [3.63, 3.8) is 0 Å². The van der Waals surface area contributed by atoms with Crippen molar-refractivity contribution in [1.82, 2.24) is 0 Å². The fourth-order valence-corrected chi connectivity index (χ4v) is 3.85. The Morgan fingerprint density at radius 3 is 1.92 bits per heavy atom. The van der Waals surface area contributed by atoms with Crippen molar-refractivity contribution in [2.75, 3.05) is 0 Å². The topological polar surface area (TPSA) is 40.5 Å². The number of hydrogen-bond acceptors (Lipinski definition) is 2. The van der Waals surface area contributed by atoms with Gasteiger partial charge in [0.05, 0.1) is 12.2 Å². The quantitative estimate of drug-likeness (QED) is 0.561. The van der Waals surface area contributed by atoms with E-state index in [-0.39, 0.29) is 18.1 Å². The smallest absolute Gasteiger partial charge is 0.0621 e. The zero-order chi connectivity index (χ0) is 8.29. The molecule has 68 valence electrons. The van der Waals surface area contributed by atoms with Crippen LogP contribution in [0.4, 0.5) is 0 Å². The summed E-state index contributed by atoms with van der Waals surface area (Å²) in [6.07, 6.45) is 4.23. The molecule has 4 saturated carbocycles. The van der Waals surface area contributed by atoms with E-state index in [1.165, 1.54) is 12.8 Å². The molecular weight excluding hydrogens is 152 g/mol. The highest BCUT2D eigenvalue weighted by atomic mass is 16.3. The van der Waals surface area contributed by atoms with Gasteiger partial charge in [0.15, 0.2) is 0 Å². The first-order valence-electron chi connectivity index (χ1n) is 5.12. The predicted molar refractivity (Wildman–Crippen MR) is 44.4 cm³/mol. The van der Waals surface area contributed by atoms with Gasteiger partial charge in [0, 0.05) is 5.92 Å². The van der Waals surface area contributed by atoms with Crippen LogP contribution in [0.25, 0.3) is 0 Å². The van der Waals surface area contributed by atoms with Gasteiger partial charge in [-0.15, -0.1) is 0 Å². The molecule has 0 spiro atoms. The molecule has 0 amide bonds. The van der Waals surface area contributed by atoms with Gasteiger partial charge in [0.1, 0.15) is 0 Å². The zero-order valence-corrected chi connectivity index (χ0v) is 7.19. The van der Waals surface area contributed by atoms with Crippen LogP contribution in [0, 0.1) is 23.7 Å². The SMILES string of the molecule is O[C@@H]1C2CC3C[C@@H]1C[C@H](C3)[C@H]2O. The van der Waals surface area contributed by atoms with E-state index >= 15 is 0 Å². The maximum atomic E-state index is 9.84. The number of rotatable bonds is 0. The monoisotopic (exact) mass is 168 g/mol. The van der Waals surface area contributed by atoms with E-state index in [2.05, 4.69) is 0 Å². The van der Waals surface area contributed by atoms with Crippen LogP contribution in [0.5, 0.6) is 0 Å². The zero-order valence-electron chi connectivity index (χ0n) is 7.19. The Labute approximate surface area is 72.6 Å². The Kier molecular flexibility index (Phi) is 1.37. The Hall–Kier alpha value is -0.0800. The van der Waals surface area contributed by atoms with Crippen molar-refractivity contribution in [1.29, 1.82) is 0 Å². The van der Waals surface area contributed by atoms with E-state index in [9.17, 15) is 10.2 Å². The molecule has 4 aliphatic rings. The standard InChI is InChI=1S/C10H16O2/c11-9-6-1-5-2-7(4-6)10(12)8(9)3-5/h5-12H,1-4H2/t5?,6-,7+,8?,9+,10-. The fourth-order valence-electron chi connectivity index (χ4n) is 3.85. The largest absolute Gasteiger partial charge is 0.392 e. The summed E-state index contributed by atoms with van der Waals surface area (Å²) >= 11 is 0. The van der Waals surface area contributed by atoms with Crippen molar-refractivity contribution < 1.29 is 10.2 Å². The van der Waals surface area contributed by atoms with Crippen LogP contribution in [0.2, 0.25) is 0 Å². The minimum absolute atomic E-state index is 0.187. The first-order chi connectivity index (χ1) is 5.75. The normalized spacial score (nSPS) is 62.5. The molecule has 0 aromatic rings. The molecular formula is C10H16O2. The average molecular weight is 168 g/mol. The minimum atomic E-state index is -0.187. The van der Waals surface area contributed by atoms with Crippen LogP contribution in [0.15, 0.2) is 0 Å². The lowest BCUT2D eigenvalue weighted by molar-refractivity contribution is -0.161. The lowest BCUT2D eigenvalue weighted by Gasteiger charge is -2.55. The summed E-state index contributed by atoms with van der Waals surface area (Å²) < 4.78 is 0. The molecule has 4 rings (SSSR count). The lowest BCUT2D eigenvalue weighted by atomic mass is 9.54. The van der Waals surface area contributed by atoms with Gasteiger partial charge in [-0.1, -0.05) is 0 Å². The maximum Gasteiger partial charge on any atom is 0.0621 e. The fraction of sp³-hybridized carbons (Fsp3) is 1.00. The third-order valence-electron chi connectivity index (χ3n) is 4.33. The second kappa shape index (κ2) is 2.24. The molecule has 0 aromatic heterocycles. The molecule has 2 N–H and O–H groups in total. The van der Waals surface area contributed by atoms with Gasteiger partial charge in [-0.3, -0.25) is 0 Å². The van der Waals surface area contributed by atoms with Crippen LogP contribution in [0.1, 0.15) is 25.7 Å². The summed E-state index contributed by atoms with van der Waals surface area (Å²) in [5, 5.41) is 19.7. The van der Waals surface area contributed by atoms with E-state index in [0.717, 1.165) is 18.8 Å².